The Bertz CT molecular complexity index is 544. The van der Waals surface area contributed by atoms with Crippen molar-refractivity contribution in [2.24, 2.45) is 0 Å². The van der Waals surface area contributed by atoms with E-state index < -0.39 is 0 Å². The van der Waals surface area contributed by atoms with Crippen LogP contribution in [0.15, 0.2) is 40.2 Å². The maximum Gasteiger partial charge on any atom is 0.124 e. The maximum absolute atomic E-state index is 5.82. The summed E-state index contributed by atoms with van der Waals surface area (Å²) in [5.41, 5.74) is 1.14. The molecule has 2 rings (SSSR count). The second kappa shape index (κ2) is 7.78. The molecule has 0 saturated heterocycles. The van der Waals surface area contributed by atoms with E-state index >= 15 is 0 Å². The SMILES string of the molecule is CNC(c1cc(Br)cs1)c1ccccc1OCCOC. The summed E-state index contributed by atoms with van der Waals surface area (Å²) < 4.78 is 12.0. The molecule has 0 aliphatic heterocycles. The average Bonchev–Trinajstić information content (AvgIpc) is 2.88. The Balaban J connectivity index is 2.25. The van der Waals surface area contributed by atoms with Crippen molar-refractivity contribution in [2.75, 3.05) is 27.4 Å². The van der Waals surface area contributed by atoms with Crippen LogP contribution in [0.25, 0.3) is 0 Å². The maximum atomic E-state index is 5.82. The summed E-state index contributed by atoms with van der Waals surface area (Å²) in [7, 11) is 3.64. The summed E-state index contributed by atoms with van der Waals surface area (Å²) in [4.78, 5) is 1.25. The first-order valence-electron chi connectivity index (χ1n) is 6.38. The lowest BCUT2D eigenvalue weighted by Crippen LogP contribution is -2.18. The van der Waals surface area contributed by atoms with Gasteiger partial charge in [-0.15, -0.1) is 11.3 Å². The lowest BCUT2D eigenvalue weighted by atomic mass is 10.0. The number of para-hydroxylation sites is 1. The predicted octanol–water partition coefficient (Wildman–Crippen LogP) is 3.84. The third-order valence-electron chi connectivity index (χ3n) is 2.94. The molecule has 0 aliphatic carbocycles. The molecular weight excluding hydrogens is 338 g/mol. The molecule has 1 heterocycles. The first-order valence-corrected chi connectivity index (χ1v) is 8.05. The Labute approximate surface area is 132 Å². The fourth-order valence-corrected chi connectivity index (χ4v) is 3.59. The van der Waals surface area contributed by atoms with Crippen LogP contribution in [0, 0.1) is 0 Å². The molecule has 1 aromatic heterocycles. The summed E-state index contributed by atoms with van der Waals surface area (Å²) in [6.07, 6.45) is 0. The normalized spacial score (nSPS) is 12.3. The van der Waals surface area contributed by atoms with Gasteiger partial charge in [-0.05, 0) is 35.1 Å². The predicted molar refractivity (Wildman–Crippen MR) is 86.7 cm³/mol. The molecule has 1 aromatic carbocycles. The Kier molecular flexibility index (Phi) is 6.04. The highest BCUT2D eigenvalue weighted by molar-refractivity contribution is 9.10. The van der Waals surface area contributed by atoms with Crippen molar-refractivity contribution in [3.63, 3.8) is 0 Å². The smallest absolute Gasteiger partial charge is 0.124 e. The highest BCUT2D eigenvalue weighted by Crippen LogP contribution is 2.34. The van der Waals surface area contributed by atoms with Gasteiger partial charge in [-0.2, -0.15) is 0 Å². The molecule has 2 aromatic rings. The first-order chi connectivity index (χ1) is 9.76. The Hall–Kier alpha value is -0.880. The minimum absolute atomic E-state index is 0.130. The van der Waals surface area contributed by atoms with E-state index in [9.17, 15) is 0 Å². The van der Waals surface area contributed by atoms with E-state index in [1.807, 2.05) is 25.2 Å². The molecule has 0 aliphatic rings. The van der Waals surface area contributed by atoms with E-state index in [2.05, 4.69) is 38.8 Å². The lowest BCUT2D eigenvalue weighted by Gasteiger charge is -2.19. The Morgan fingerprint density at radius 3 is 2.75 bits per heavy atom. The van der Waals surface area contributed by atoms with Crippen LogP contribution in [-0.4, -0.2) is 27.4 Å². The van der Waals surface area contributed by atoms with Gasteiger partial charge in [0.05, 0.1) is 12.6 Å². The molecule has 3 nitrogen and oxygen atoms in total. The summed E-state index contributed by atoms with van der Waals surface area (Å²) in [6.45, 7) is 1.14. The Morgan fingerprint density at radius 1 is 1.30 bits per heavy atom. The lowest BCUT2D eigenvalue weighted by molar-refractivity contribution is 0.145. The molecule has 0 spiro atoms. The van der Waals surface area contributed by atoms with Crippen LogP contribution in [-0.2, 0) is 4.74 Å². The zero-order valence-corrected chi connectivity index (χ0v) is 14.0. The van der Waals surface area contributed by atoms with Crippen LogP contribution in [0.2, 0.25) is 0 Å². The van der Waals surface area contributed by atoms with E-state index in [0.717, 1.165) is 15.8 Å². The third-order valence-corrected chi connectivity index (χ3v) is 4.69. The number of hydrogen-bond donors (Lipinski definition) is 1. The van der Waals surface area contributed by atoms with E-state index in [0.29, 0.717) is 13.2 Å². The monoisotopic (exact) mass is 355 g/mol. The topological polar surface area (TPSA) is 30.5 Å². The quantitative estimate of drug-likeness (QED) is 0.765. The van der Waals surface area contributed by atoms with Gasteiger partial charge in [0.15, 0.2) is 0 Å². The van der Waals surface area contributed by atoms with Gasteiger partial charge in [0.25, 0.3) is 0 Å². The zero-order valence-electron chi connectivity index (χ0n) is 11.6. The molecule has 0 radical (unpaired) electrons. The molecule has 0 amide bonds. The van der Waals surface area contributed by atoms with E-state index in [1.165, 1.54) is 4.88 Å². The number of nitrogens with one attached hydrogen (secondary N) is 1. The number of methoxy groups -OCH3 is 1. The summed E-state index contributed by atoms with van der Waals surface area (Å²) in [6, 6.07) is 10.4. The zero-order chi connectivity index (χ0) is 14.4. The molecule has 1 unspecified atom stereocenters. The van der Waals surface area contributed by atoms with Crippen molar-refractivity contribution in [2.45, 2.75) is 6.04 Å². The van der Waals surface area contributed by atoms with Gasteiger partial charge in [-0.3, -0.25) is 0 Å². The Morgan fingerprint density at radius 2 is 2.10 bits per heavy atom. The fraction of sp³-hybridized carbons (Fsp3) is 0.333. The standard InChI is InChI=1S/C15H18BrNO2S/c1-17-15(14-9-11(16)10-20-14)12-5-3-4-6-13(12)19-8-7-18-2/h3-6,9-10,15,17H,7-8H2,1-2H3. The van der Waals surface area contributed by atoms with Gasteiger partial charge in [0.2, 0.25) is 0 Å². The minimum Gasteiger partial charge on any atom is -0.491 e. The number of rotatable bonds is 7. The molecule has 0 saturated carbocycles. The van der Waals surface area contributed by atoms with Crippen molar-refractivity contribution in [1.82, 2.24) is 5.32 Å². The number of ether oxygens (including phenoxy) is 2. The summed E-state index contributed by atoms with van der Waals surface area (Å²) in [5.74, 6) is 0.897. The van der Waals surface area contributed by atoms with Crippen LogP contribution in [0.5, 0.6) is 5.75 Å². The fourth-order valence-electron chi connectivity index (χ4n) is 2.02. The van der Waals surface area contributed by atoms with Gasteiger partial charge in [0, 0.05) is 27.4 Å². The van der Waals surface area contributed by atoms with E-state index in [-0.39, 0.29) is 6.04 Å². The first kappa shape index (κ1) is 15.5. The van der Waals surface area contributed by atoms with Crippen LogP contribution >= 0.6 is 27.3 Å². The van der Waals surface area contributed by atoms with E-state index in [4.69, 9.17) is 9.47 Å². The molecule has 5 heteroatoms. The van der Waals surface area contributed by atoms with Gasteiger partial charge >= 0.3 is 0 Å². The number of hydrogen-bond acceptors (Lipinski definition) is 4. The molecule has 20 heavy (non-hydrogen) atoms. The summed E-state index contributed by atoms with van der Waals surface area (Å²) >= 11 is 5.23. The van der Waals surface area contributed by atoms with Crippen LogP contribution in [0.1, 0.15) is 16.5 Å². The molecular formula is C15H18BrNO2S. The van der Waals surface area contributed by atoms with E-state index in [1.54, 1.807) is 18.4 Å². The molecule has 1 N–H and O–H groups in total. The van der Waals surface area contributed by atoms with Gasteiger partial charge in [-0.25, -0.2) is 0 Å². The molecule has 0 fully saturated rings. The highest BCUT2D eigenvalue weighted by atomic mass is 79.9. The molecule has 108 valence electrons. The average molecular weight is 356 g/mol. The van der Waals surface area contributed by atoms with Crippen LogP contribution in [0.3, 0.4) is 0 Å². The van der Waals surface area contributed by atoms with Gasteiger partial charge in [-0.1, -0.05) is 18.2 Å². The van der Waals surface area contributed by atoms with Crippen LogP contribution < -0.4 is 10.1 Å². The van der Waals surface area contributed by atoms with Crippen molar-refractivity contribution in [3.8, 4) is 5.75 Å². The second-order valence-electron chi connectivity index (χ2n) is 4.27. The van der Waals surface area contributed by atoms with Crippen molar-refractivity contribution >= 4 is 27.3 Å². The van der Waals surface area contributed by atoms with Crippen LogP contribution in [0.4, 0.5) is 0 Å². The van der Waals surface area contributed by atoms with Crippen molar-refractivity contribution in [3.05, 3.63) is 50.6 Å². The van der Waals surface area contributed by atoms with Crippen molar-refractivity contribution < 1.29 is 9.47 Å². The summed E-state index contributed by atoms with van der Waals surface area (Å²) in [5, 5.41) is 5.45. The number of halogens is 1. The number of thiophene rings is 1. The number of benzene rings is 1. The molecule has 0 bridgehead atoms. The van der Waals surface area contributed by atoms with Gasteiger partial charge < -0.3 is 14.8 Å². The molecule has 1 atom stereocenters. The highest BCUT2D eigenvalue weighted by Gasteiger charge is 2.18. The van der Waals surface area contributed by atoms with Gasteiger partial charge in [0.1, 0.15) is 12.4 Å². The largest absolute Gasteiger partial charge is 0.491 e. The minimum atomic E-state index is 0.130. The third kappa shape index (κ3) is 3.82. The van der Waals surface area contributed by atoms with Crippen molar-refractivity contribution in [1.29, 1.82) is 0 Å². The second-order valence-corrected chi connectivity index (χ2v) is 6.13.